The SMILES string of the molecule is CCOc1ccccc1NC(=O)[C@H]([NH2+]Cc1ccc(OC)cc1)c1ccccc1. The highest BCUT2D eigenvalue weighted by Crippen LogP contribution is 2.24. The fourth-order valence-electron chi connectivity index (χ4n) is 3.13. The first-order valence-electron chi connectivity index (χ1n) is 9.75. The van der Waals surface area contributed by atoms with E-state index < -0.39 is 0 Å². The molecule has 0 saturated carbocycles. The summed E-state index contributed by atoms with van der Waals surface area (Å²) in [6.45, 7) is 3.14. The number of ether oxygens (including phenoxy) is 2. The summed E-state index contributed by atoms with van der Waals surface area (Å²) < 4.78 is 10.9. The van der Waals surface area contributed by atoms with Crippen molar-refractivity contribution in [2.24, 2.45) is 0 Å². The number of para-hydroxylation sites is 2. The molecule has 3 rings (SSSR count). The minimum Gasteiger partial charge on any atom is -0.497 e. The van der Waals surface area contributed by atoms with E-state index in [9.17, 15) is 4.79 Å². The van der Waals surface area contributed by atoms with Crippen molar-refractivity contribution in [3.63, 3.8) is 0 Å². The van der Waals surface area contributed by atoms with E-state index in [0.29, 0.717) is 24.6 Å². The number of rotatable bonds is 9. The van der Waals surface area contributed by atoms with Crippen LogP contribution in [0.25, 0.3) is 0 Å². The van der Waals surface area contributed by atoms with E-state index in [0.717, 1.165) is 16.9 Å². The summed E-state index contributed by atoms with van der Waals surface area (Å²) in [5, 5.41) is 5.07. The molecule has 0 spiro atoms. The molecule has 3 N–H and O–H groups in total. The van der Waals surface area contributed by atoms with Crippen LogP contribution in [0.1, 0.15) is 24.1 Å². The van der Waals surface area contributed by atoms with Crippen LogP contribution >= 0.6 is 0 Å². The van der Waals surface area contributed by atoms with Crippen LogP contribution in [0.5, 0.6) is 11.5 Å². The predicted molar refractivity (Wildman–Crippen MR) is 114 cm³/mol. The van der Waals surface area contributed by atoms with Crippen LogP contribution in [0.2, 0.25) is 0 Å². The average molecular weight is 391 g/mol. The van der Waals surface area contributed by atoms with E-state index in [2.05, 4.69) is 5.32 Å². The fourth-order valence-corrected chi connectivity index (χ4v) is 3.13. The molecule has 0 heterocycles. The molecular formula is C24H27N2O3+. The monoisotopic (exact) mass is 391 g/mol. The highest BCUT2D eigenvalue weighted by atomic mass is 16.5. The molecule has 0 fully saturated rings. The van der Waals surface area contributed by atoms with E-state index in [1.807, 2.05) is 91.1 Å². The number of carbonyl (C=O) groups is 1. The smallest absolute Gasteiger partial charge is 0.287 e. The number of quaternary nitrogens is 1. The van der Waals surface area contributed by atoms with Gasteiger partial charge in [-0.25, -0.2) is 0 Å². The van der Waals surface area contributed by atoms with Gasteiger partial charge in [0.2, 0.25) is 0 Å². The molecule has 0 unspecified atom stereocenters. The van der Waals surface area contributed by atoms with Crippen molar-refractivity contribution in [3.8, 4) is 11.5 Å². The molecule has 0 radical (unpaired) electrons. The van der Waals surface area contributed by atoms with Crippen LogP contribution in [0.3, 0.4) is 0 Å². The van der Waals surface area contributed by atoms with Gasteiger partial charge < -0.3 is 20.1 Å². The summed E-state index contributed by atoms with van der Waals surface area (Å²) in [6.07, 6.45) is 0. The van der Waals surface area contributed by atoms with Gasteiger partial charge in [0.15, 0.2) is 6.04 Å². The van der Waals surface area contributed by atoms with Crippen LogP contribution in [0, 0.1) is 0 Å². The summed E-state index contributed by atoms with van der Waals surface area (Å²) in [6, 6.07) is 24.8. The zero-order chi connectivity index (χ0) is 20.5. The van der Waals surface area contributed by atoms with E-state index in [1.54, 1.807) is 7.11 Å². The summed E-state index contributed by atoms with van der Waals surface area (Å²) >= 11 is 0. The van der Waals surface area contributed by atoms with Gasteiger partial charge in [0.1, 0.15) is 18.0 Å². The highest BCUT2D eigenvalue weighted by Gasteiger charge is 2.25. The number of amides is 1. The minimum atomic E-state index is -0.381. The maximum atomic E-state index is 13.2. The second kappa shape index (κ2) is 10.3. The first-order chi connectivity index (χ1) is 14.2. The lowest BCUT2D eigenvalue weighted by atomic mass is 10.1. The number of carbonyl (C=O) groups excluding carboxylic acids is 1. The third-order valence-corrected chi connectivity index (χ3v) is 4.63. The van der Waals surface area contributed by atoms with Crippen LogP contribution < -0.4 is 20.1 Å². The van der Waals surface area contributed by atoms with Gasteiger partial charge in [-0.05, 0) is 43.3 Å². The Bertz CT molecular complexity index is 911. The quantitative estimate of drug-likeness (QED) is 0.586. The molecular weight excluding hydrogens is 364 g/mol. The van der Waals surface area contributed by atoms with Crippen molar-refractivity contribution in [1.82, 2.24) is 0 Å². The van der Waals surface area contributed by atoms with Gasteiger partial charge in [-0.2, -0.15) is 0 Å². The molecule has 5 heteroatoms. The van der Waals surface area contributed by atoms with Crippen molar-refractivity contribution in [2.45, 2.75) is 19.5 Å². The Morgan fingerprint density at radius 1 is 0.966 bits per heavy atom. The summed E-state index contributed by atoms with van der Waals surface area (Å²) in [4.78, 5) is 13.2. The predicted octanol–water partition coefficient (Wildman–Crippen LogP) is 3.54. The molecule has 5 nitrogen and oxygen atoms in total. The van der Waals surface area contributed by atoms with Gasteiger partial charge in [-0.3, -0.25) is 4.79 Å². The second-order valence-electron chi connectivity index (χ2n) is 6.59. The number of nitrogens with two attached hydrogens (primary N) is 1. The number of methoxy groups -OCH3 is 1. The maximum absolute atomic E-state index is 13.2. The lowest BCUT2D eigenvalue weighted by Gasteiger charge is -2.17. The Labute approximate surface area is 171 Å². The van der Waals surface area contributed by atoms with Gasteiger partial charge in [0.05, 0.1) is 19.4 Å². The number of anilines is 1. The molecule has 0 bridgehead atoms. The maximum Gasteiger partial charge on any atom is 0.287 e. The molecule has 1 atom stereocenters. The highest BCUT2D eigenvalue weighted by molar-refractivity contribution is 5.95. The lowest BCUT2D eigenvalue weighted by molar-refractivity contribution is -0.697. The largest absolute Gasteiger partial charge is 0.497 e. The van der Waals surface area contributed by atoms with Gasteiger partial charge in [-0.1, -0.05) is 42.5 Å². The van der Waals surface area contributed by atoms with Gasteiger partial charge in [0.25, 0.3) is 5.91 Å². The van der Waals surface area contributed by atoms with Gasteiger partial charge >= 0.3 is 0 Å². The molecule has 29 heavy (non-hydrogen) atoms. The van der Waals surface area contributed by atoms with Gasteiger partial charge in [-0.15, -0.1) is 0 Å². The number of hydrogen-bond donors (Lipinski definition) is 2. The topological polar surface area (TPSA) is 64.2 Å². The van der Waals surface area contributed by atoms with Crippen molar-refractivity contribution in [2.75, 3.05) is 19.0 Å². The van der Waals surface area contributed by atoms with Gasteiger partial charge in [0, 0.05) is 11.1 Å². The first-order valence-corrected chi connectivity index (χ1v) is 9.75. The first kappa shape index (κ1) is 20.4. The summed E-state index contributed by atoms with van der Waals surface area (Å²) in [7, 11) is 1.65. The zero-order valence-electron chi connectivity index (χ0n) is 16.8. The third kappa shape index (κ3) is 5.59. The fraction of sp³-hybridized carbons (Fsp3) is 0.208. The zero-order valence-corrected chi connectivity index (χ0v) is 16.8. The van der Waals surface area contributed by atoms with E-state index in [-0.39, 0.29) is 11.9 Å². The number of hydrogen-bond acceptors (Lipinski definition) is 3. The third-order valence-electron chi connectivity index (χ3n) is 4.63. The Morgan fingerprint density at radius 3 is 2.34 bits per heavy atom. The Hall–Kier alpha value is -3.31. The lowest BCUT2D eigenvalue weighted by Crippen LogP contribution is -2.85. The molecule has 1 amide bonds. The molecule has 3 aromatic rings. The summed E-state index contributed by atoms with van der Waals surface area (Å²) in [5.41, 5.74) is 2.75. The normalized spacial score (nSPS) is 11.5. The molecule has 150 valence electrons. The standard InChI is InChI=1S/C24H26N2O3/c1-3-29-22-12-8-7-11-21(22)26-24(27)23(19-9-5-4-6-10-19)25-17-18-13-15-20(28-2)16-14-18/h4-16,23,25H,3,17H2,1-2H3,(H,26,27)/p+1/t23-/m1/s1. The molecule has 3 aromatic carbocycles. The van der Waals surface area contributed by atoms with Crippen LogP contribution in [-0.2, 0) is 11.3 Å². The number of nitrogens with one attached hydrogen (secondary N) is 1. The second-order valence-corrected chi connectivity index (χ2v) is 6.59. The molecule has 0 aromatic heterocycles. The van der Waals surface area contributed by atoms with Crippen molar-refractivity contribution in [3.05, 3.63) is 90.0 Å². The van der Waals surface area contributed by atoms with Crippen LogP contribution in [-0.4, -0.2) is 19.6 Å². The Balaban J connectivity index is 1.77. The van der Waals surface area contributed by atoms with E-state index in [4.69, 9.17) is 9.47 Å². The van der Waals surface area contributed by atoms with Crippen LogP contribution in [0.4, 0.5) is 5.69 Å². The number of benzene rings is 3. The Kier molecular flexibility index (Phi) is 7.25. The summed E-state index contributed by atoms with van der Waals surface area (Å²) in [5.74, 6) is 1.40. The van der Waals surface area contributed by atoms with Crippen molar-refractivity contribution in [1.29, 1.82) is 0 Å². The van der Waals surface area contributed by atoms with E-state index >= 15 is 0 Å². The molecule has 0 saturated heterocycles. The van der Waals surface area contributed by atoms with E-state index in [1.165, 1.54) is 0 Å². The van der Waals surface area contributed by atoms with Crippen LogP contribution in [0.15, 0.2) is 78.9 Å². The van der Waals surface area contributed by atoms with Crippen molar-refractivity contribution >= 4 is 11.6 Å². The molecule has 0 aliphatic heterocycles. The van der Waals surface area contributed by atoms with Crippen molar-refractivity contribution < 1.29 is 19.6 Å². The molecule has 0 aliphatic carbocycles. The Morgan fingerprint density at radius 2 is 1.66 bits per heavy atom. The average Bonchev–Trinajstić information content (AvgIpc) is 2.76. The minimum absolute atomic E-state index is 0.0862. The molecule has 0 aliphatic rings.